The maximum Gasteiger partial charge on any atom is 0.125 e. The molecular formula is C16H17FN2. The number of halogens is 1. The third-order valence-corrected chi connectivity index (χ3v) is 3.53. The smallest absolute Gasteiger partial charge is 0.125 e. The zero-order valence-electron chi connectivity index (χ0n) is 10.8. The normalized spacial score (nSPS) is 15.5. The Morgan fingerprint density at radius 3 is 2.68 bits per heavy atom. The van der Waals surface area contributed by atoms with Crippen LogP contribution in [0.5, 0.6) is 0 Å². The molecule has 1 aliphatic rings. The molecule has 0 amide bonds. The van der Waals surface area contributed by atoms with Gasteiger partial charge in [-0.15, -0.1) is 0 Å². The van der Waals surface area contributed by atoms with Crippen LogP contribution >= 0.6 is 0 Å². The first-order chi connectivity index (χ1) is 9.33. The highest BCUT2D eigenvalue weighted by atomic mass is 19.1. The summed E-state index contributed by atoms with van der Waals surface area (Å²) in [7, 11) is 0. The van der Waals surface area contributed by atoms with Crippen molar-refractivity contribution in [1.29, 1.82) is 0 Å². The van der Waals surface area contributed by atoms with Gasteiger partial charge in [0.15, 0.2) is 0 Å². The summed E-state index contributed by atoms with van der Waals surface area (Å²) >= 11 is 0. The Bertz CT molecular complexity index is 568. The van der Waals surface area contributed by atoms with E-state index in [2.05, 4.69) is 34.5 Å². The van der Waals surface area contributed by atoms with Crippen molar-refractivity contribution in [2.45, 2.75) is 13.1 Å². The fourth-order valence-electron chi connectivity index (χ4n) is 2.50. The fourth-order valence-corrected chi connectivity index (χ4v) is 2.50. The molecule has 2 aromatic rings. The minimum Gasteiger partial charge on any atom is -0.366 e. The first-order valence-electron chi connectivity index (χ1n) is 6.61. The van der Waals surface area contributed by atoms with Crippen molar-refractivity contribution in [3.63, 3.8) is 0 Å². The predicted octanol–water partition coefficient (Wildman–Crippen LogP) is 2.94. The Labute approximate surface area is 112 Å². The molecule has 0 fully saturated rings. The molecule has 0 bridgehead atoms. The molecule has 0 radical (unpaired) electrons. The Morgan fingerprint density at radius 2 is 1.84 bits per heavy atom. The second-order valence-electron chi connectivity index (χ2n) is 4.85. The Kier molecular flexibility index (Phi) is 3.47. The molecule has 0 aromatic heterocycles. The number of anilines is 1. The highest BCUT2D eigenvalue weighted by molar-refractivity contribution is 5.48. The number of nitrogens with zero attached hydrogens (tertiary/aromatic N) is 1. The monoisotopic (exact) mass is 256 g/mol. The van der Waals surface area contributed by atoms with Gasteiger partial charge < -0.3 is 10.2 Å². The van der Waals surface area contributed by atoms with Crippen LogP contribution in [0.15, 0.2) is 48.5 Å². The van der Waals surface area contributed by atoms with Crippen molar-refractivity contribution in [2.75, 3.05) is 18.0 Å². The number of hydrogen-bond acceptors (Lipinski definition) is 2. The van der Waals surface area contributed by atoms with Crippen LogP contribution in [-0.4, -0.2) is 13.1 Å². The molecule has 0 unspecified atom stereocenters. The zero-order valence-corrected chi connectivity index (χ0v) is 10.8. The summed E-state index contributed by atoms with van der Waals surface area (Å²) in [6.45, 7) is 3.54. The second-order valence-corrected chi connectivity index (χ2v) is 4.85. The van der Waals surface area contributed by atoms with Crippen molar-refractivity contribution >= 4 is 5.69 Å². The van der Waals surface area contributed by atoms with Crippen LogP contribution < -0.4 is 10.2 Å². The van der Waals surface area contributed by atoms with Gasteiger partial charge in [-0.2, -0.15) is 0 Å². The second kappa shape index (κ2) is 5.41. The van der Waals surface area contributed by atoms with Gasteiger partial charge in [0.2, 0.25) is 0 Å². The van der Waals surface area contributed by atoms with Gasteiger partial charge in [0.1, 0.15) is 5.82 Å². The summed E-state index contributed by atoms with van der Waals surface area (Å²) in [6.07, 6.45) is 0. The van der Waals surface area contributed by atoms with E-state index < -0.39 is 0 Å². The highest BCUT2D eigenvalue weighted by Gasteiger charge is 2.13. The van der Waals surface area contributed by atoms with Gasteiger partial charge in [-0.05, 0) is 29.3 Å². The van der Waals surface area contributed by atoms with E-state index in [0.717, 1.165) is 31.9 Å². The van der Waals surface area contributed by atoms with Gasteiger partial charge in [0.05, 0.1) is 0 Å². The van der Waals surface area contributed by atoms with E-state index in [1.165, 1.54) is 17.2 Å². The average Bonchev–Trinajstić information content (AvgIpc) is 2.39. The predicted molar refractivity (Wildman–Crippen MR) is 75.6 cm³/mol. The van der Waals surface area contributed by atoms with Crippen molar-refractivity contribution in [3.05, 3.63) is 65.5 Å². The van der Waals surface area contributed by atoms with Crippen molar-refractivity contribution in [1.82, 2.24) is 5.32 Å². The largest absolute Gasteiger partial charge is 0.366 e. The molecular weight excluding hydrogens is 239 g/mol. The minimum atomic E-state index is -0.180. The quantitative estimate of drug-likeness (QED) is 0.844. The Morgan fingerprint density at radius 1 is 1.00 bits per heavy atom. The molecule has 19 heavy (non-hydrogen) atoms. The van der Waals surface area contributed by atoms with Crippen LogP contribution in [0.4, 0.5) is 10.1 Å². The van der Waals surface area contributed by atoms with E-state index in [4.69, 9.17) is 0 Å². The Hall–Kier alpha value is -1.87. The molecule has 98 valence electrons. The number of benzene rings is 2. The summed E-state index contributed by atoms with van der Waals surface area (Å²) in [5.41, 5.74) is 3.57. The molecule has 0 spiro atoms. The third-order valence-electron chi connectivity index (χ3n) is 3.53. The molecule has 3 heteroatoms. The topological polar surface area (TPSA) is 15.3 Å². The molecule has 2 nitrogen and oxygen atoms in total. The van der Waals surface area contributed by atoms with Crippen LogP contribution in [0.1, 0.15) is 11.1 Å². The number of hydrogen-bond donors (Lipinski definition) is 1. The van der Waals surface area contributed by atoms with E-state index in [9.17, 15) is 4.39 Å². The van der Waals surface area contributed by atoms with Crippen LogP contribution in [0.2, 0.25) is 0 Å². The molecule has 0 saturated heterocycles. The molecule has 0 atom stereocenters. The summed E-state index contributed by atoms with van der Waals surface area (Å²) < 4.78 is 13.4. The zero-order chi connectivity index (χ0) is 13.1. The van der Waals surface area contributed by atoms with Crippen LogP contribution in [0.25, 0.3) is 0 Å². The van der Waals surface area contributed by atoms with Crippen LogP contribution in [-0.2, 0) is 13.1 Å². The lowest BCUT2D eigenvalue weighted by atomic mass is 10.1. The molecule has 0 aliphatic carbocycles. The van der Waals surface area contributed by atoms with Gasteiger partial charge in [-0.3, -0.25) is 0 Å². The van der Waals surface area contributed by atoms with E-state index in [1.54, 1.807) is 12.1 Å². The molecule has 2 aromatic carbocycles. The highest BCUT2D eigenvalue weighted by Crippen LogP contribution is 2.21. The molecule has 1 heterocycles. The van der Waals surface area contributed by atoms with Crippen molar-refractivity contribution in [2.24, 2.45) is 0 Å². The first kappa shape index (κ1) is 12.2. The summed E-state index contributed by atoms with van der Waals surface area (Å²) in [5, 5.41) is 3.42. The van der Waals surface area contributed by atoms with Crippen LogP contribution in [0.3, 0.4) is 0 Å². The molecule has 1 aliphatic heterocycles. The summed E-state index contributed by atoms with van der Waals surface area (Å²) in [4.78, 5) is 2.22. The minimum absolute atomic E-state index is 0.180. The third kappa shape index (κ3) is 2.76. The van der Waals surface area contributed by atoms with Crippen LogP contribution in [0, 0.1) is 5.82 Å². The van der Waals surface area contributed by atoms with Gasteiger partial charge in [-0.25, -0.2) is 4.39 Å². The van der Waals surface area contributed by atoms with Gasteiger partial charge in [0, 0.05) is 31.9 Å². The van der Waals surface area contributed by atoms with Gasteiger partial charge in [0.25, 0.3) is 0 Å². The number of fused-ring (bicyclic) bond motifs is 1. The van der Waals surface area contributed by atoms with E-state index in [0.29, 0.717) is 0 Å². The maximum absolute atomic E-state index is 13.4. The number of rotatable bonds is 1. The first-order valence-corrected chi connectivity index (χ1v) is 6.61. The van der Waals surface area contributed by atoms with E-state index in [-0.39, 0.29) is 5.82 Å². The maximum atomic E-state index is 13.4. The summed E-state index contributed by atoms with van der Waals surface area (Å²) in [6, 6.07) is 15.2. The Balaban J connectivity index is 1.91. The standard InChI is InChI=1S/C16H17FN2/c17-15-6-3-7-16(10-15)19-9-8-18-11-13-4-1-2-5-14(13)12-19/h1-7,10,18H,8-9,11-12H2. The summed E-state index contributed by atoms with van der Waals surface area (Å²) in [5.74, 6) is -0.180. The SMILES string of the molecule is Fc1cccc(N2CCNCc3ccccc3C2)c1. The fraction of sp³-hybridized carbons (Fsp3) is 0.250. The lowest BCUT2D eigenvalue weighted by molar-refractivity contribution is 0.616. The lowest BCUT2D eigenvalue weighted by Gasteiger charge is -2.28. The lowest BCUT2D eigenvalue weighted by Crippen LogP contribution is -2.34. The van der Waals surface area contributed by atoms with E-state index >= 15 is 0 Å². The molecule has 0 saturated carbocycles. The van der Waals surface area contributed by atoms with Crippen molar-refractivity contribution < 1.29 is 4.39 Å². The average molecular weight is 256 g/mol. The van der Waals surface area contributed by atoms with Gasteiger partial charge in [-0.1, -0.05) is 30.3 Å². The molecule has 3 rings (SSSR count). The van der Waals surface area contributed by atoms with Gasteiger partial charge >= 0.3 is 0 Å². The van der Waals surface area contributed by atoms with Crippen molar-refractivity contribution in [3.8, 4) is 0 Å². The van der Waals surface area contributed by atoms with E-state index in [1.807, 2.05) is 6.07 Å². The number of nitrogens with one attached hydrogen (secondary N) is 1. The molecule has 1 N–H and O–H groups in total.